The van der Waals surface area contributed by atoms with Crippen molar-refractivity contribution in [2.75, 3.05) is 13.1 Å². The lowest BCUT2D eigenvalue weighted by Crippen LogP contribution is -2.53. The Labute approximate surface area is 146 Å². The Hall–Kier alpha value is -1.59. The van der Waals surface area contributed by atoms with Gasteiger partial charge in [-0.25, -0.2) is 4.79 Å². The first-order valence-electron chi connectivity index (χ1n) is 8.63. The van der Waals surface area contributed by atoms with Crippen LogP contribution >= 0.6 is 0 Å². The zero-order valence-corrected chi connectivity index (χ0v) is 15.6. The number of nitrogens with zero attached hydrogens (tertiary/aromatic N) is 1. The summed E-state index contributed by atoms with van der Waals surface area (Å²) in [7, 11) is 0. The van der Waals surface area contributed by atoms with Crippen molar-refractivity contribution in [1.29, 1.82) is 0 Å². The van der Waals surface area contributed by atoms with Crippen LogP contribution in [-0.4, -0.2) is 46.8 Å². The molecule has 1 unspecified atom stereocenters. The molecule has 5 heteroatoms. The van der Waals surface area contributed by atoms with Gasteiger partial charge in [0.1, 0.15) is 0 Å². The standard InChI is InChI=1S/C19H33N3O2/c1-14(2)12-22(18(24)21-19(3,4)5)13-17(23)16(20)11-15-9-7-6-8-10-15/h6-10,14,16-17,23H,11-13,20H2,1-5H3,(H,21,24)/t16-,17?/m0/s1. The van der Waals surface area contributed by atoms with Gasteiger partial charge < -0.3 is 21.1 Å². The van der Waals surface area contributed by atoms with Crippen molar-refractivity contribution in [3.8, 4) is 0 Å². The molecule has 0 heterocycles. The van der Waals surface area contributed by atoms with Crippen LogP contribution in [0.2, 0.25) is 0 Å². The van der Waals surface area contributed by atoms with E-state index in [1.807, 2.05) is 65.0 Å². The Kier molecular flexibility index (Phi) is 7.70. The fourth-order valence-corrected chi connectivity index (χ4v) is 2.46. The first-order valence-corrected chi connectivity index (χ1v) is 8.63. The highest BCUT2D eigenvalue weighted by molar-refractivity contribution is 5.75. The molecule has 1 aromatic rings. The maximum Gasteiger partial charge on any atom is 0.317 e. The third kappa shape index (κ3) is 7.79. The molecule has 0 aliphatic carbocycles. The number of benzene rings is 1. The minimum atomic E-state index is -0.769. The lowest BCUT2D eigenvalue weighted by Gasteiger charge is -2.32. The highest BCUT2D eigenvalue weighted by Gasteiger charge is 2.25. The van der Waals surface area contributed by atoms with Crippen molar-refractivity contribution in [3.63, 3.8) is 0 Å². The minimum Gasteiger partial charge on any atom is -0.390 e. The van der Waals surface area contributed by atoms with E-state index in [0.29, 0.717) is 18.9 Å². The van der Waals surface area contributed by atoms with E-state index in [1.54, 1.807) is 4.90 Å². The third-order valence-electron chi connectivity index (χ3n) is 3.57. The average molecular weight is 335 g/mol. The first-order chi connectivity index (χ1) is 11.1. The molecular formula is C19H33N3O2. The number of hydrogen-bond acceptors (Lipinski definition) is 3. The summed E-state index contributed by atoms with van der Waals surface area (Å²) in [6.07, 6.45) is -0.187. The molecule has 0 radical (unpaired) electrons. The molecule has 4 N–H and O–H groups in total. The number of nitrogens with two attached hydrogens (primary N) is 1. The van der Waals surface area contributed by atoms with Gasteiger partial charge >= 0.3 is 6.03 Å². The van der Waals surface area contributed by atoms with Crippen LogP contribution in [0.15, 0.2) is 30.3 Å². The summed E-state index contributed by atoms with van der Waals surface area (Å²) in [5.41, 5.74) is 6.91. The van der Waals surface area contributed by atoms with Gasteiger partial charge in [0.2, 0.25) is 0 Å². The average Bonchev–Trinajstić information content (AvgIpc) is 2.45. The molecule has 0 saturated carbocycles. The van der Waals surface area contributed by atoms with Crippen LogP contribution in [-0.2, 0) is 6.42 Å². The number of aliphatic hydroxyl groups excluding tert-OH is 1. The van der Waals surface area contributed by atoms with Crippen LogP contribution in [0, 0.1) is 5.92 Å². The van der Waals surface area contributed by atoms with Crippen LogP contribution in [0.4, 0.5) is 4.79 Å². The van der Waals surface area contributed by atoms with Gasteiger partial charge in [0, 0.05) is 24.7 Å². The van der Waals surface area contributed by atoms with Crippen LogP contribution in [0.25, 0.3) is 0 Å². The van der Waals surface area contributed by atoms with Crippen molar-refractivity contribution in [3.05, 3.63) is 35.9 Å². The van der Waals surface area contributed by atoms with Crippen molar-refractivity contribution in [1.82, 2.24) is 10.2 Å². The predicted molar refractivity (Wildman–Crippen MR) is 98.8 cm³/mol. The van der Waals surface area contributed by atoms with Gasteiger partial charge in [0.25, 0.3) is 0 Å². The van der Waals surface area contributed by atoms with Crippen molar-refractivity contribution in [2.45, 2.75) is 58.7 Å². The summed E-state index contributed by atoms with van der Waals surface area (Å²) >= 11 is 0. The Morgan fingerprint density at radius 3 is 2.29 bits per heavy atom. The second-order valence-corrected chi connectivity index (χ2v) is 7.90. The molecule has 136 valence electrons. The summed E-state index contributed by atoms with van der Waals surface area (Å²) in [6, 6.07) is 9.26. The smallest absolute Gasteiger partial charge is 0.317 e. The zero-order valence-electron chi connectivity index (χ0n) is 15.6. The Morgan fingerprint density at radius 2 is 1.79 bits per heavy atom. The van der Waals surface area contributed by atoms with E-state index in [0.717, 1.165) is 5.56 Å². The molecular weight excluding hydrogens is 302 g/mol. The lowest BCUT2D eigenvalue weighted by molar-refractivity contribution is 0.0938. The number of carbonyl (C=O) groups is 1. The molecule has 24 heavy (non-hydrogen) atoms. The second-order valence-electron chi connectivity index (χ2n) is 7.90. The van der Waals surface area contributed by atoms with E-state index < -0.39 is 12.1 Å². The minimum absolute atomic E-state index is 0.165. The van der Waals surface area contributed by atoms with E-state index in [2.05, 4.69) is 5.32 Å². The van der Waals surface area contributed by atoms with E-state index in [4.69, 9.17) is 5.73 Å². The third-order valence-corrected chi connectivity index (χ3v) is 3.57. The number of amides is 2. The summed E-state index contributed by atoms with van der Waals surface area (Å²) in [5, 5.41) is 13.4. The SMILES string of the molecule is CC(C)CN(CC(O)[C@@H](N)Cc1ccccc1)C(=O)NC(C)(C)C. The predicted octanol–water partition coefficient (Wildman–Crippen LogP) is 2.38. The largest absolute Gasteiger partial charge is 0.390 e. The number of rotatable bonds is 7. The molecule has 0 saturated heterocycles. The number of aliphatic hydroxyl groups is 1. The molecule has 0 aliphatic heterocycles. The normalized spacial score (nSPS) is 14.3. The number of nitrogens with one attached hydrogen (secondary N) is 1. The fraction of sp³-hybridized carbons (Fsp3) is 0.632. The van der Waals surface area contributed by atoms with Gasteiger partial charge in [-0.3, -0.25) is 0 Å². The maximum absolute atomic E-state index is 12.5. The lowest BCUT2D eigenvalue weighted by atomic mass is 10.0. The van der Waals surface area contributed by atoms with E-state index >= 15 is 0 Å². The van der Waals surface area contributed by atoms with Gasteiger partial charge in [-0.15, -0.1) is 0 Å². The fourth-order valence-electron chi connectivity index (χ4n) is 2.46. The van der Waals surface area contributed by atoms with Crippen molar-refractivity contribution in [2.24, 2.45) is 11.7 Å². The Balaban J connectivity index is 2.68. The van der Waals surface area contributed by atoms with Gasteiger partial charge in [0.05, 0.1) is 6.10 Å². The van der Waals surface area contributed by atoms with Crippen LogP contribution in [0.5, 0.6) is 0 Å². The van der Waals surface area contributed by atoms with E-state index in [9.17, 15) is 9.90 Å². The number of carbonyl (C=O) groups excluding carboxylic acids is 1. The molecule has 5 nitrogen and oxygen atoms in total. The first kappa shape index (κ1) is 20.5. The zero-order chi connectivity index (χ0) is 18.3. The van der Waals surface area contributed by atoms with Crippen LogP contribution < -0.4 is 11.1 Å². The molecule has 0 spiro atoms. The number of urea groups is 1. The van der Waals surface area contributed by atoms with E-state index in [-0.39, 0.29) is 18.1 Å². The van der Waals surface area contributed by atoms with Crippen molar-refractivity contribution >= 4 is 6.03 Å². The quantitative estimate of drug-likeness (QED) is 0.716. The van der Waals surface area contributed by atoms with Crippen LogP contribution in [0.1, 0.15) is 40.2 Å². The summed E-state index contributed by atoms with van der Waals surface area (Å²) in [5.74, 6) is 0.313. The maximum atomic E-state index is 12.5. The Bertz CT molecular complexity index is 497. The molecule has 1 rings (SSSR count). The van der Waals surface area contributed by atoms with Gasteiger partial charge in [-0.2, -0.15) is 0 Å². The molecule has 1 aromatic carbocycles. The second kappa shape index (κ2) is 9.04. The van der Waals surface area contributed by atoms with Crippen LogP contribution in [0.3, 0.4) is 0 Å². The molecule has 2 atom stereocenters. The molecule has 0 fully saturated rings. The summed E-state index contributed by atoms with van der Waals surface area (Å²) in [4.78, 5) is 14.1. The number of hydrogen-bond donors (Lipinski definition) is 3. The van der Waals surface area contributed by atoms with Gasteiger partial charge in [0.15, 0.2) is 0 Å². The molecule has 0 bridgehead atoms. The highest BCUT2D eigenvalue weighted by atomic mass is 16.3. The van der Waals surface area contributed by atoms with Crippen molar-refractivity contribution < 1.29 is 9.90 Å². The monoisotopic (exact) mass is 335 g/mol. The Morgan fingerprint density at radius 1 is 1.21 bits per heavy atom. The summed E-state index contributed by atoms with van der Waals surface area (Å²) < 4.78 is 0. The van der Waals surface area contributed by atoms with Gasteiger partial charge in [-0.05, 0) is 38.7 Å². The highest BCUT2D eigenvalue weighted by Crippen LogP contribution is 2.09. The van der Waals surface area contributed by atoms with Gasteiger partial charge in [-0.1, -0.05) is 44.2 Å². The topological polar surface area (TPSA) is 78.6 Å². The molecule has 0 aromatic heterocycles. The molecule has 2 amide bonds. The van der Waals surface area contributed by atoms with E-state index in [1.165, 1.54) is 0 Å². The summed E-state index contributed by atoms with van der Waals surface area (Å²) in [6.45, 7) is 10.7. The molecule has 0 aliphatic rings.